The maximum atomic E-state index is 13.9. The van der Waals surface area contributed by atoms with Crippen LogP contribution in [0.4, 0.5) is 23.8 Å². The minimum Gasteiger partial charge on any atom is -0.435 e. The first-order chi connectivity index (χ1) is 18.0. The fraction of sp³-hybridized carbons (Fsp3) is 0.292. The van der Waals surface area contributed by atoms with Crippen molar-refractivity contribution in [2.75, 3.05) is 25.5 Å². The lowest BCUT2D eigenvalue weighted by Gasteiger charge is -2.36. The van der Waals surface area contributed by atoms with Crippen molar-refractivity contribution in [3.63, 3.8) is 0 Å². The van der Waals surface area contributed by atoms with Crippen LogP contribution in [0, 0.1) is 0 Å². The van der Waals surface area contributed by atoms with Gasteiger partial charge in [-0.3, -0.25) is 14.5 Å². The number of aryl methyl sites for hydroxylation is 1. The van der Waals surface area contributed by atoms with E-state index in [1.54, 1.807) is 30.1 Å². The standard InChI is InChI=1S/C24H20F3N7O4/c1-32-19-16-6-13(2-5-18(16)31-20(28)17(19)8-30-32)21(35)33(34-10-23(11-37-12-23)38-22(34)36)9-15-4-3-14(7-29-15)24(25,26)27/h2-8H,9-12H2,1H3,(H2,28,31). The molecule has 38 heavy (non-hydrogen) atoms. The third-order valence-corrected chi connectivity index (χ3v) is 6.63. The Morgan fingerprint density at radius 2 is 1.97 bits per heavy atom. The van der Waals surface area contributed by atoms with Crippen LogP contribution in [0.1, 0.15) is 21.6 Å². The number of hydrazine groups is 1. The quantitative estimate of drug-likeness (QED) is 0.429. The van der Waals surface area contributed by atoms with Crippen LogP contribution < -0.4 is 5.73 Å². The molecule has 1 spiro atoms. The summed E-state index contributed by atoms with van der Waals surface area (Å²) in [5, 5.41) is 7.72. The largest absolute Gasteiger partial charge is 0.435 e. The second kappa shape index (κ2) is 8.28. The van der Waals surface area contributed by atoms with E-state index in [0.717, 1.165) is 16.1 Å². The zero-order valence-corrected chi connectivity index (χ0v) is 19.9. The van der Waals surface area contributed by atoms with Crippen LogP contribution in [0.15, 0.2) is 42.7 Å². The Kier molecular flexibility index (Phi) is 5.21. The molecule has 14 heteroatoms. The summed E-state index contributed by atoms with van der Waals surface area (Å²) < 4.78 is 51.4. The van der Waals surface area contributed by atoms with Crippen LogP contribution >= 0.6 is 0 Å². The van der Waals surface area contributed by atoms with Gasteiger partial charge < -0.3 is 15.2 Å². The number of anilines is 1. The molecule has 2 saturated heterocycles. The molecule has 0 radical (unpaired) electrons. The third kappa shape index (κ3) is 3.84. The van der Waals surface area contributed by atoms with Gasteiger partial charge in [0.15, 0.2) is 5.60 Å². The molecule has 0 saturated carbocycles. The lowest BCUT2D eigenvalue weighted by atomic mass is 10.0. The van der Waals surface area contributed by atoms with Gasteiger partial charge in [-0.2, -0.15) is 18.3 Å². The first kappa shape index (κ1) is 23.9. The molecule has 3 aromatic heterocycles. The number of aromatic nitrogens is 4. The van der Waals surface area contributed by atoms with Gasteiger partial charge in [-0.25, -0.2) is 19.8 Å². The second-order valence-electron chi connectivity index (χ2n) is 9.26. The zero-order chi connectivity index (χ0) is 26.8. The zero-order valence-electron chi connectivity index (χ0n) is 19.9. The molecule has 196 valence electrons. The Labute approximate surface area is 212 Å². The van der Waals surface area contributed by atoms with Gasteiger partial charge in [-0.15, -0.1) is 0 Å². The van der Waals surface area contributed by atoms with Crippen molar-refractivity contribution in [3.8, 4) is 0 Å². The summed E-state index contributed by atoms with van der Waals surface area (Å²) in [6, 6.07) is 6.82. The number of nitrogens with zero attached hydrogens (tertiary/aromatic N) is 6. The highest BCUT2D eigenvalue weighted by Crippen LogP contribution is 2.34. The Bertz CT molecular complexity index is 1600. The first-order valence-corrected chi connectivity index (χ1v) is 11.5. The van der Waals surface area contributed by atoms with Gasteiger partial charge in [0.05, 0.1) is 60.2 Å². The number of hydrogen-bond donors (Lipinski definition) is 1. The van der Waals surface area contributed by atoms with Crippen molar-refractivity contribution >= 4 is 39.6 Å². The number of alkyl halides is 3. The number of benzene rings is 1. The van der Waals surface area contributed by atoms with E-state index in [1.807, 2.05) is 0 Å². The first-order valence-electron chi connectivity index (χ1n) is 11.5. The van der Waals surface area contributed by atoms with E-state index in [4.69, 9.17) is 15.2 Å². The van der Waals surface area contributed by atoms with Crippen LogP contribution in [-0.4, -0.2) is 67.1 Å². The summed E-state index contributed by atoms with van der Waals surface area (Å²) in [6.07, 6.45) is -3.06. The molecule has 2 aliphatic rings. The summed E-state index contributed by atoms with van der Waals surface area (Å²) in [6.45, 7) is 0.118. The maximum Gasteiger partial charge on any atom is 0.429 e. The van der Waals surface area contributed by atoms with Crippen LogP contribution in [0.2, 0.25) is 0 Å². The van der Waals surface area contributed by atoms with Gasteiger partial charge in [-0.05, 0) is 30.3 Å². The highest BCUT2D eigenvalue weighted by molar-refractivity contribution is 6.10. The Morgan fingerprint density at radius 1 is 1.18 bits per heavy atom. The lowest BCUT2D eigenvalue weighted by Crippen LogP contribution is -2.55. The van der Waals surface area contributed by atoms with Gasteiger partial charge >= 0.3 is 12.3 Å². The average Bonchev–Trinajstić information content (AvgIpc) is 3.43. The van der Waals surface area contributed by atoms with Gasteiger partial charge in [0, 0.05) is 24.2 Å². The van der Waals surface area contributed by atoms with Gasteiger partial charge in [0.1, 0.15) is 5.82 Å². The molecule has 2 N–H and O–H groups in total. The molecule has 11 nitrogen and oxygen atoms in total. The number of fused-ring (bicyclic) bond motifs is 3. The monoisotopic (exact) mass is 527 g/mol. The molecule has 4 aromatic rings. The highest BCUT2D eigenvalue weighted by Gasteiger charge is 2.53. The summed E-state index contributed by atoms with van der Waals surface area (Å²) in [5.74, 6) is -0.294. The predicted molar refractivity (Wildman–Crippen MR) is 126 cm³/mol. The van der Waals surface area contributed by atoms with E-state index in [-0.39, 0.29) is 37.6 Å². The normalized spacial score (nSPS) is 16.7. The summed E-state index contributed by atoms with van der Waals surface area (Å²) >= 11 is 0. The van der Waals surface area contributed by atoms with E-state index in [1.165, 1.54) is 12.1 Å². The van der Waals surface area contributed by atoms with Gasteiger partial charge in [0.2, 0.25) is 0 Å². The van der Waals surface area contributed by atoms with E-state index in [0.29, 0.717) is 33.8 Å². The molecule has 0 aliphatic carbocycles. The highest BCUT2D eigenvalue weighted by atomic mass is 19.4. The summed E-state index contributed by atoms with van der Waals surface area (Å²) in [4.78, 5) is 35.0. The van der Waals surface area contributed by atoms with Crippen molar-refractivity contribution in [2.24, 2.45) is 7.05 Å². The molecular formula is C24H20F3N7O4. The van der Waals surface area contributed by atoms with Crippen molar-refractivity contribution in [1.29, 1.82) is 0 Å². The van der Waals surface area contributed by atoms with Crippen LogP contribution in [0.5, 0.6) is 0 Å². The number of hydrogen-bond acceptors (Lipinski definition) is 8. The van der Waals surface area contributed by atoms with Crippen molar-refractivity contribution < 1.29 is 32.2 Å². The fourth-order valence-electron chi connectivity index (χ4n) is 4.62. The minimum atomic E-state index is -4.56. The number of halogens is 3. The van der Waals surface area contributed by atoms with Crippen molar-refractivity contribution in [2.45, 2.75) is 18.3 Å². The van der Waals surface area contributed by atoms with E-state index >= 15 is 0 Å². The summed E-state index contributed by atoms with van der Waals surface area (Å²) in [7, 11) is 1.73. The fourth-order valence-corrected chi connectivity index (χ4v) is 4.62. The number of pyridine rings is 2. The maximum absolute atomic E-state index is 13.9. The summed E-state index contributed by atoms with van der Waals surface area (Å²) in [5.41, 5.74) is 5.82. The molecule has 2 fully saturated rings. The Balaban J connectivity index is 1.40. The number of carbonyl (C=O) groups excluding carboxylic acids is 2. The van der Waals surface area contributed by atoms with Crippen LogP contribution in [-0.2, 0) is 29.2 Å². The molecule has 6 rings (SSSR count). The number of ether oxygens (including phenoxy) is 2. The number of rotatable bonds is 4. The SMILES string of the molecule is Cn1ncc2c(N)nc3ccc(C(=O)N(Cc4ccc(C(F)(F)F)cn4)N4CC5(COC5)OC4=O)cc3c21. The van der Waals surface area contributed by atoms with Crippen LogP contribution in [0.3, 0.4) is 0 Å². The molecule has 0 unspecified atom stereocenters. The smallest absolute Gasteiger partial charge is 0.429 e. The number of nitrogens with two attached hydrogens (primary N) is 1. The number of amides is 2. The molecule has 5 heterocycles. The van der Waals surface area contributed by atoms with Crippen LogP contribution in [0.25, 0.3) is 21.8 Å². The molecular weight excluding hydrogens is 507 g/mol. The van der Waals surface area contributed by atoms with Crippen molar-refractivity contribution in [3.05, 3.63) is 59.5 Å². The molecule has 0 atom stereocenters. The minimum absolute atomic E-state index is 0.0376. The Morgan fingerprint density at radius 3 is 2.61 bits per heavy atom. The third-order valence-electron chi connectivity index (χ3n) is 6.63. The number of nitrogen functional groups attached to an aromatic ring is 1. The molecule has 2 aliphatic heterocycles. The number of carbonyl (C=O) groups is 2. The lowest BCUT2D eigenvalue weighted by molar-refractivity contribution is -0.158. The molecule has 2 amide bonds. The molecule has 0 bridgehead atoms. The van der Waals surface area contributed by atoms with Gasteiger partial charge in [0.25, 0.3) is 5.91 Å². The second-order valence-corrected chi connectivity index (χ2v) is 9.26. The topological polar surface area (TPSA) is 129 Å². The molecule has 1 aromatic carbocycles. The van der Waals surface area contributed by atoms with Gasteiger partial charge in [-0.1, -0.05) is 0 Å². The average molecular weight is 527 g/mol. The Hall–Kier alpha value is -4.46. The van der Waals surface area contributed by atoms with E-state index < -0.39 is 29.3 Å². The van der Waals surface area contributed by atoms with E-state index in [2.05, 4.69) is 15.1 Å². The predicted octanol–water partition coefficient (Wildman–Crippen LogP) is 2.90. The van der Waals surface area contributed by atoms with E-state index in [9.17, 15) is 22.8 Å². The van der Waals surface area contributed by atoms with Crippen molar-refractivity contribution in [1.82, 2.24) is 29.8 Å².